The Morgan fingerprint density at radius 1 is 1.21 bits per heavy atom. The summed E-state index contributed by atoms with van der Waals surface area (Å²) in [4.78, 5) is 18.4. The summed E-state index contributed by atoms with van der Waals surface area (Å²) in [6, 6.07) is 10.4. The van der Waals surface area contributed by atoms with Crippen molar-refractivity contribution in [2.45, 2.75) is 46.1 Å². The number of imidazole rings is 1. The van der Waals surface area contributed by atoms with Crippen molar-refractivity contribution in [3.05, 3.63) is 42.2 Å². The van der Waals surface area contributed by atoms with Crippen LogP contribution in [0.5, 0.6) is 0 Å². The molecule has 0 aliphatic carbocycles. The fourth-order valence-electron chi connectivity index (χ4n) is 3.57. The molecule has 0 bridgehead atoms. The van der Waals surface area contributed by atoms with Gasteiger partial charge in [0.25, 0.3) is 0 Å². The fourth-order valence-corrected chi connectivity index (χ4v) is 3.57. The lowest BCUT2D eigenvalue weighted by Crippen LogP contribution is -2.38. The van der Waals surface area contributed by atoms with E-state index in [1.54, 1.807) is 0 Å². The summed E-state index contributed by atoms with van der Waals surface area (Å²) in [5.74, 6) is 2.06. The third kappa shape index (κ3) is 3.69. The lowest BCUT2D eigenvalue weighted by molar-refractivity contribution is -0.132. The van der Waals surface area contributed by atoms with Crippen LogP contribution in [0, 0.1) is 12.8 Å². The van der Waals surface area contributed by atoms with E-state index in [9.17, 15) is 4.79 Å². The van der Waals surface area contributed by atoms with Gasteiger partial charge in [0.1, 0.15) is 5.82 Å². The first-order chi connectivity index (χ1) is 11.7. The van der Waals surface area contributed by atoms with Gasteiger partial charge in [0, 0.05) is 43.5 Å². The van der Waals surface area contributed by atoms with Gasteiger partial charge in [-0.05, 0) is 32.1 Å². The van der Waals surface area contributed by atoms with Crippen molar-refractivity contribution >= 4 is 5.91 Å². The predicted octanol–water partition coefficient (Wildman–Crippen LogP) is 3.90. The molecular weight excluding hydrogens is 298 g/mol. The summed E-state index contributed by atoms with van der Waals surface area (Å²) in [5.41, 5.74) is 2.39. The number of aromatic nitrogens is 2. The Bertz CT molecular complexity index is 669. The van der Waals surface area contributed by atoms with Crippen LogP contribution in [0.1, 0.15) is 38.3 Å². The van der Waals surface area contributed by atoms with Crippen LogP contribution in [-0.4, -0.2) is 33.4 Å². The van der Waals surface area contributed by atoms with E-state index in [1.165, 1.54) is 11.3 Å². The number of rotatable bonds is 5. The van der Waals surface area contributed by atoms with Gasteiger partial charge in [-0.2, -0.15) is 0 Å². The lowest BCUT2D eigenvalue weighted by Gasteiger charge is -2.32. The summed E-state index contributed by atoms with van der Waals surface area (Å²) < 4.78 is 2.33. The van der Waals surface area contributed by atoms with Crippen molar-refractivity contribution in [2.24, 2.45) is 5.92 Å². The van der Waals surface area contributed by atoms with Crippen LogP contribution in [-0.2, 0) is 11.3 Å². The van der Waals surface area contributed by atoms with Gasteiger partial charge in [-0.1, -0.05) is 37.3 Å². The molecule has 0 saturated carbocycles. The Balaban J connectivity index is 1.60. The van der Waals surface area contributed by atoms with Crippen LogP contribution in [0.4, 0.5) is 0 Å². The quantitative estimate of drug-likeness (QED) is 0.836. The molecule has 3 rings (SSSR count). The highest BCUT2D eigenvalue weighted by atomic mass is 16.2. The second kappa shape index (κ2) is 7.65. The second-order valence-corrected chi connectivity index (χ2v) is 6.71. The molecule has 1 amide bonds. The fraction of sp³-hybridized carbons (Fsp3) is 0.500. The number of amides is 1. The highest BCUT2D eigenvalue weighted by Gasteiger charge is 2.22. The minimum absolute atomic E-state index is 0.297. The summed E-state index contributed by atoms with van der Waals surface area (Å²) in [5, 5.41) is 0. The molecule has 24 heavy (non-hydrogen) atoms. The van der Waals surface area contributed by atoms with Crippen molar-refractivity contribution in [1.29, 1.82) is 0 Å². The Hall–Kier alpha value is -2.10. The number of aryl methyl sites for hydroxylation is 1. The molecular formula is C20H27N3O. The maximum absolute atomic E-state index is 11.8. The number of piperidine rings is 1. The Labute approximate surface area is 144 Å². The first kappa shape index (κ1) is 16.7. The number of carbonyl (C=O) groups excluding carboxylic acids is 1. The Kier molecular flexibility index (Phi) is 5.34. The van der Waals surface area contributed by atoms with Gasteiger partial charge in [0.2, 0.25) is 5.91 Å². The average Bonchev–Trinajstić information content (AvgIpc) is 3.01. The molecule has 1 aliphatic heterocycles. The molecule has 2 heterocycles. The molecule has 0 radical (unpaired) electrons. The average molecular weight is 325 g/mol. The molecule has 128 valence electrons. The zero-order valence-electron chi connectivity index (χ0n) is 14.7. The first-order valence-corrected chi connectivity index (χ1v) is 9.04. The highest BCUT2D eigenvalue weighted by Crippen LogP contribution is 2.24. The summed E-state index contributed by atoms with van der Waals surface area (Å²) in [6.45, 7) is 6.92. The number of carbonyl (C=O) groups is 1. The number of hydrogen-bond acceptors (Lipinski definition) is 2. The maximum Gasteiger partial charge on any atom is 0.222 e. The molecule has 0 atom stereocenters. The van der Waals surface area contributed by atoms with E-state index < -0.39 is 0 Å². The molecule has 1 aromatic heterocycles. The highest BCUT2D eigenvalue weighted by molar-refractivity contribution is 5.75. The van der Waals surface area contributed by atoms with E-state index in [-0.39, 0.29) is 0 Å². The number of hydrogen-bond donors (Lipinski definition) is 0. The zero-order valence-corrected chi connectivity index (χ0v) is 14.7. The van der Waals surface area contributed by atoms with Gasteiger partial charge in [0.15, 0.2) is 0 Å². The summed E-state index contributed by atoms with van der Waals surface area (Å²) >= 11 is 0. The largest absolute Gasteiger partial charge is 0.343 e. The number of nitrogens with zero attached hydrogens (tertiary/aromatic N) is 3. The molecule has 1 fully saturated rings. The van der Waals surface area contributed by atoms with Gasteiger partial charge in [-0.3, -0.25) is 4.79 Å². The van der Waals surface area contributed by atoms with Crippen LogP contribution in [0.3, 0.4) is 0 Å². The topological polar surface area (TPSA) is 38.1 Å². The minimum atomic E-state index is 0.297. The molecule has 4 heteroatoms. The summed E-state index contributed by atoms with van der Waals surface area (Å²) in [6.07, 6.45) is 6.00. The smallest absolute Gasteiger partial charge is 0.222 e. The third-order valence-corrected chi connectivity index (χ3v) is 5.12. The van der Waals surface area contributed by atoms with E-state index in [2.05, 4.69) is 40.7 Å². The van der Waals surface area contributed by atoms with Gasteiger partial charge >= 0.3 is 0 Å². The van der Waals surface area contributed by atoms with Crippen molar-refractivity contribution in [3.8, 4) is 11.4 Å². The predicted molar refractivity (Wildman–Crippen MR) is 96.6 cm³/mol. The van der Waals surface area contributed by atoms with E-state index in [0.29, 0.717) is 18.2 Å². The molecule has 0 spiro atoms. The molecule has 2 aromatic rings. The van der Waals surface area contributed by atoms with E-state index in [0.717, 1.165) is 44.7 Å². The molecule has 1 aliphatic rings. The van der Waals surface area contributed by atoms with Crippen molar-refractivity contribution < 1.29 is 4.79 Å². The van der Waals surface area contributed by atoms with Crippen LogP contribution in [0.25, 0.3) is 11.4 Å². The van der Waals surface area contributed by atoms with Crippen LogP contribution in [0.2, 0.25) is 0 Å². The third-order valence-electron chi connectivity index (χ3n) is 5.12. The van der Waals surface area contributed by atoms with E-state index >= 15 is 0 Å². The molecule has 1 aromatic carbocycles. The van der Waals surface area contributed by atoms with Crippen molar-refractivity contribution in [1.82, 2.24) is 14.5 Å². The summed E-state index contributed by atoms with van der Waals surface area (Å²) in [7, 11) is 0. The minimum Gasteiger partial charge on any atom is -0.343 e. The van der Waals surface area contributed by atoms with Gasteiger partial charge in [-0.15, -0.1) is 0 Å². The van der Waals surface area contributed by atoms with Gasteiger partial charge in [-0.25, -0.2) is 4.98 Å². The SMILES string of the molecule is CCC(=O)N1CCC(CCn2c(C)cnc2-c2ccccc2)CC1. The van der Waals surface area contributed by atoms with Gasteiger partial charge in [0.05, 0.1) is 0 Å². The standard InChI is InChI=1S/C20H27N3O/c1-3-19(24)22-12-9-17(10-13-22)11-14-23-16(2)15-21-20(23)18-7-5-4-6-8-18/h4-8,15,17H,3,9-14H2,1-2H3. The van der Waals surface area contributed by atoms with Gasteiger partial charge < -0.3 is 9.47 Å². The van der Waals surface area contributed by atoms with E-state index in [4.69, 9.17) is 0 Å². The number of benzene rings is 1. The Morgan fingerprint density at radius 2 is 1.92 bits per heavy atom. The molecule has 4 nitrogen and oxygen atoms in total. The Morgan fingerprint density at radius 3 is 2.58 bits per heavy atom. The van der Waals surface area contributed by atoms with E-state index in [1.807, 2.05) is 24.1 Å². The zero-order chi connectivity index (χ0) is 16.9. The van der Waals surface area contributed by atoms with Crippen LogP contribution >= 0.6 is 0 Å². The van der Waals surface area contributed by atoms with Crippen molar-refractivity contribution in [2.75, 3.05) is 13.1 Å². The number of likely N-dealkylation sites (tertiary alicyclic amines) is 1. The second-order valence-electron chi connectivity index (χ2n) is 6.71. The van der Waals surface area contributed by atoms with Crippen LogP contribution < -0.4 is 0 Å². The molecule has 0 unspecified atom stereocenters. The van der Waals surface area contributed by atoms with Crippen LogP contribution in [0.15, 0.2) is 36.5 Å². The maximum atomic E-state index is 11.8. The van der Waals surface area contributed by atoms with Crippen molar-refractivity contribution in [3.63, 3.8) is 0 Å². The first-order valence-electron chi connectivity index (χ1n) is 9.04. The normalized spacial score (nSPS) is 15.7. The molecule has 1 saturated heterocycles. The molecule has 0 N–H and O–H groups in total. The lowest BCUT2D eigenvalue weighted by atomic mass is 9.93. The monoisotopic (exact) mass is 325 g/mol.